The van der Waals surface area contributed by atoms with E-state index in [1.807, 2.05) is 0 Å². The Morgan fingerprint density at radius 3 is 2.00 bits per heavy atom. The van der Waals surface area contributed by atoms with Crippen molar-refractivity contribution in [3.63, 3.8) is 0 Å². The predicted molar refractivity (Wildman–Crippen MR) is 109 cm³/mol. The number of benzene rings is 3. The fourth-order valence-electron chi connectivity index (χ4n) is 4.68. The summed E-state index contributed by atoms with van der Waals surface area (Å²) in [6, 6.07) is 24.5. The van der Waals surface area contributed by atoms with E-state index in [0.29, 0.717) is 0 Å². The summed E-state index contributed by atoms with van der Waals surface area (Å²) < 4.78 is 8.23. The summed E-state index contributed by atoms with van der Waals surface area (Å²) in [4.78, 5) is 0. The zero-order chi connectivity index (χ0) is 17.8. The molecule has 0 N–H and O–H groups in total. The molecule has 0 bridgehead atoms. The van der Waals surface area contributed by atoms with E-state index in [1.165, 1.54) is 33.1 Å². The number of rotatable bonds is 2. The van der Waals surface area contributed by atoms with Crippen molar-refractivity contribution in [3.05, 3.63) is 83.4 Å². The summed E-state index contributed by atoms with van der Waals surface area (Å²) in [5.41, 5.74) is 8.47. The van der Waals surface area contributed by atoms with E-state index in [9.17, 15) is 0 Å². The average Bonchev–Trinajstić information content (AvgIpc) is 3.16. The van der Waals surface area contributed by atoms with Gasteiger partial charge in [-0.05, 0) is 0 Å². The van der Waals surface area contributed by atoms with Crippen LogP contribution in [0.3, 0.4) is 0 Å². The molecule has 0 saturated carbocycles. The molecule has 0 amide bonds. The zero-order valence-corrected chi connectivity index (χ0v) is 17.9. The van der Waals surface area contributed by atoms with Crippen molar-refractivity contribution in [1.29, 1.82) is 0 Å². The second-order valence-electron chi connectivity index (χ2n) is 7.55. The molecule has 1 aliphatic carbocycles. The quantitative estimate of drug-likeness (QED) is 0.333. The Balaban J connectivity index is 1.89. The summed E-state index contributed by atoms with van der Waals surface area (Å²) in [6.45, 7) is 2.33. The summed E-state index contributed by atoms with van der Waals surface area (Å²) >= 11 is -1.38. The van der Waals surface area contributed by atoms with Crippen molar-refractivity contribution in [2.45, 2.75) is 19.8 Å². The van der Waals surface area contributed by atoms with Gasteiger partial charge >= 0.3 is 163 Å². The molecule has 2 heteroatoms. The average molecular weight is 416 g/mol. The standard InChI is InChI=1S/C22H16N.2CH3.Zr/c1-15-13-16-7-6-12-22(19(16)14-15)23-20-10-4-2-8-17(20)18-9-3-5-11-21(18)23;;;/h2-14H,1H3;2*1H3;. The Morgan fingerprint density at radius 2 is 1.38 bits per heavy atom. The molecule has 0 fully saturated rings. The van der Waals surface area contributed by atoms with Crippen LogP contribution in [0.2, 0.25) is 9.26 Å². The molecule has 127 valence electrons. The van der Waals surface area contributed by atoms with Crippen LogP contribution in [0.15, 0.2) is 72.3 Å². The first-order chi connectivity index (χ1) is 12.7. The minimum atomic E-state index is -1.38. The number of allylic oxidation sites excluding steroid dienone is 1. The number of aromatic nitrogens is 1. The Labute approximate surface area is 162 Å². The Kier molecular flexibility index (Phi) is 3.80. The van der Waals surface area contributed by atoms with Crippen LogP contribution in [0.5, 0.6) is 0 Å². The van der Waals surface area contributed by atoms with E-state index >= 15 is 0 Å². The molecule has 1 aliphatic rings. The molecule has 5 rings (SSSR count). The van der Waals surface area contributed by atoms with Crippen LogP contribution in [0, 0.1) is 0 Å². The van der Waals surface area contributed by atoms with Crippen LogP contribution in [-0.2, 0) is 21.8 Å². The molecule has 3 aromatic carbocycles. The molecule has 0 radical (unpaired) electrons. The topological polar surface area (TPSA) is 4.93 Å². The number of para-hydroxylation sites is 2. The zero-order valence-electron chi connectivity index (χ0n) is 15.5. The van der Waals surface area contributed by atoms with Gasteiger partial charge in [0.2, 0.25) is 0 Å². The number of hydrogen-bond donors (Lipinski definition) is 0. The van der Waals surface area contributed by atoms with E-state index in [0.717, 1.165) is 3.63 Å². The fraction of sp³-hybridized carbons (Fsp3) is 0.167. The Morgan fingerprint density at radius 1 is 0.769 bits per heavy atom. The van der Waals surface area contributed by atoms with Crippen molar-refractivity contribution < 1.29 is 21.8 Å². The molecule has 26 heavy (non-hydrogen) atoms. The van der Waals surface area contributed by atoms with Gasteiger partial charge in [-0.25, -0.2) is 0 Å². The van der Waals surface area contributed by atoms with Crippen molar-refractivity contribution in [3.8, 4) is 5.69 Å². The van der Waals surface area contributed by atoms with Crippen molar-refractivity contribution in [2.75, 3.05) is 0 Å². The van der Waals surface area contributed by atoms with Crippen molar-refractivity contribution in [2.24, 2.45) is 0 Å². The third-order valence-corrected chi connectivity index (χ3v) is 10.4. The Bertz CT molecular complexity index is 1130. The third-order valence-electron chi connectivity index (χ3n) is 5.65. The molecule has 1 atom stereocenters. The van der Waals surface area contributed by atoms with Gasteiger partial charge in [0.15, 0.2) is 0 Å². The van der Waals surface area contributed by atoms with Crippen molar-refractivity contribution in [1.82, 2.24) is 4.57 Å². The van der Waals surface area contributed by atoms with E-state index in [-0.39, 0.29) is 0 Å². The van der Waals surface area contributed by atoms with Gasteiger partial charge in [-0.2, -0.15) is 0 Å². The minimum absolute atomic E-state index is 0.723. The van der Waals surface area contributed by atoms with Gasteiger partial charge < -0.3 is 0 Å². The predicted octanol–water partition coefficient (Wildman–Crippen LogP) is 6.96. The summed E-state index contributed by atoms with van der Waals surface area (Å²) in [5, 5.41) is 2.66. The van der Waals surface area contributed by atoms with Crippen molar-refractivity contribution >= 4 is 27.9 Å². The van der Waals surface area contributed by atoms with E-state index in [2.05, 4.69) is 93.6 Å². The third kappa shape index (κ3) is 2.25. The van der Waals surface area contributed by atoms with E-state index in [4.69, 9.17) is 0 Å². The van der Waals surface area contributed by atoms with Gasteiger partial charge in [0, 0.05) is 0 Å². The molecule has 1 aromatic heterocycles. The van der Waals surface area contributed by atoms with Gasteiger partial charge in [-0.15, -0.1) is 0 Å². The summed E-state index contributed by atoms with van der Waals surface area (Å²) in [5.74, 6) is 0. The van der Waals surface area contributed by atoms with Gasteiger partial charge in [-0.1, -0.05) is 0 Å². The first-order valence-corrected chi connectivity index (χ1v) is 15.6. The van der Waals surface area contributed by atoms with Crippen LogP contribution in [0.1, 0.15) is 21.7 Å². The molecular formula is C24H22NZr. The first kappa shape index (κ1) is 16.3. The van der Waals surface area contributed by atoms with Crippen LogP contribution in [0.25, 0.3) is 33.6 Å². The van der Waals surface area contributed by atoms with Gasteiger partial charge in [0.1, 0.15) is 0 Å². The fourth-order valence-corrected chi connectivity index (χ4v) is 9.27. The van der Waals surface area contributed by atoms with Crippen LogP contribution >= 0.6 is 0 Å². The second-order valence-corrected chi connectivity index (χ2v) is 14.3. The van der Waals surface area contributed by atoms with Gasteiger partial charge in [-0.3, -0.25) is 0 Å². The molecular weight excluding hydrogens is 393 g/mol. The molecule has 1 unspecified atom stereocenters. The molecule has 0 aliphatic heterocycles. The second kappa shape index (κ2) is 6.06. The maximum atomic E-state index is 2.52. The molecule has 1 nitrogen and oxygen atoms in total. The number of fused-ring (bicyclic) bond motifs is 4. The van der Waals surface area contributed by atoms with E-state index < -0.39 is 21.8 Å². The van der Waals surface area contributed by atoms with Crippen LogP contribution in [0.4, 0.5) is 0 Å². The van der Waals surface area contributed by atoms with Gasteiger partial charge in [0.25, 0.3) is 0 Å². The maximum absolute atomic E-state index is 2.52. The van der Waals surface area contributed by atoms with Gasteiger partial charge in [0.05, 0.1) is 0 Å². The summed E-state index contributed by atoms with van der Waals surface area (Å²) in [7, 11) is 0. The van der Waals surface area contributed by atoms with Crippen LogP contribution in [-0.4, -0.2) is 4.57 Å². The number of hydrogen-bond acceptors (Lipinski definition) is 0. The first-order valence-electron chi connectivity index (χ1n) is 9.26. The molecule has 0 saturated heterocycles. The van der Waals surface area contributed by atoms with E-state index in [1.54, 1.807) is 11.1 Å². The number of nitrogens with zero attached hydrogens (tertiary/aromatic N) is 1. The van der Waals surface area contributed by atoms with Crippen LogP contribution < -0.4 is 0 Å². The Hall–Kier alpha value is -1.92. The molecule has 1 heterocycles. The summed E-state index contributed by atoms with van der Waals surface area (Å²) in [6.07, 6.45) is 2.45. The SMILES string of the molecule is CC1=Cc2c(cccc2-n2c3ccccc3c3ccccc32)[CH]1[Zr]([CH3])[CH3]. The monoisotopic (exact) mass is 414 g/mol. The molecule has 0 spiro atoms. The molecule has 4 aromatic rings. The normalized spacial score (nSPS) is 16.1.